The van der Waals surface area contributed by atoms with E-state index < -0.39 is 16.1 Å². The number of hydrogen-bond acceptors (Lipinski definition) is 0. The minimum atomic E-state index is -1.97. The van der Waals surface area contributed by atoms with Gasteiger partial charge in [-0.05, 0) is 127 Å². The van der Waals surface area contributed by atoms with E-state index in [4.69, 9.17) is 0 Å². The summed E-state index contributed by atoms with van der Waals surface area (Å²) in [5.74, 6) is 10.3. The van der Waals surface area contributed by atoms with Crippen LogP contribution in [-0.4, -0.2) is 16.1 Å². The first-order chi connectivity index (χ1) is 23.7. The largest absolute Gasteiger partial charge is 0.146 e. The fourth-order valence-corrected chi connectivity index (χ4v) is 22.2. The van der Waals surface area contributed by atoms with Gasteiger partial charge in [0.15, 0.2) is 0 Å². The first-order valence-electron chi connectivity index (χ1n) is 20.3. The average molecular weight is 695 g/mol. The van der Waals surface area contributed by atoms with Crippen molar-refractivity contribution in [3.63, 3.8) is 0 Å². The van der Waals surface area contributed by atoms with Crippen LogP contribution in [0.2, 0.25) is 33.2 Å². The molecule has 0 aromatic heterocycles. The molecule has 0 spiro atoms. The number of benzene rings is 3. The highest BCUT2D eigenvalue weighted by atomic mass is 28.3. The van der Waals surface area contributed by atoms with Crippen molar-refractivity contribution in [2.45, 2.75) is 166 Å². The van der Waals surface area contributed by atoms with Crippen LogP contribution in [0.25, 0.3) is 21.5 Å². The first-order valence-corrected chi connectivity index (χ1v) is 24.7. The van der Waals surface area contributed by atoms with E-state index in [-0.39, 0.29) is 0 Å². The van der Waals surface area contributed by atoms with Gasteiger partial charge in [-0.25, -0.2) is 0 Å². The highest BCUT2D eigenvalue weighted by Gasteiger charge is 2.43. The maximum Gasteiger partial charge on any atom is 0.146 e. The lowest BCUT2D eigenvalue weighted by molar-refractivity contribution is 0.554. The van der Waals surface area contributed by atoms with Crippen LogP contribution in [0, 0.1) is 22.9 Å². The fraction of sp³-hybridized carbons (Fsp3) is 0.542. The molecule has 0 radical (unpaired) electrons. The molecule has 3 aromatic carbocycles. The van der Waals surface area contributed by atoms with E-state index >= 15 is 0 Å². The van der Waals surface area contributed by atoms with Gasteiger partial charge in [0.2, 0.25) is 0 Å². The van der Waals surface area contributed by atoms with Crippen LogP contribution in [0.5, 0.6) is 0 Å². The summed E-state index contributed by atoms with van der Waals surface area (Å²) < 4.78 is 0. The van der Waals surface area contributed by atoms with Gasteiger partial charge in [-0.1, -0.05) is 119 Å². The molecule has 2 heteroatoms. The summed E-state index contributed by atoms with van der Waals surface area (Å²) in [4.78, 5) is 0. The Kier molecular flexibility index (Phi) is 9.27. The van der Waals surface area contributed by atoms with Gasteiger partial charge < -0.3 is 0 Å². The van der Waals surface area contributed by atoms with Crippen molar-refractivity contribution in [1.82, 2.24) is 0 Å². The van der Waals surface area contributed by atoms with Gasteiger partial charge in [-0.2, -0.15) is 0 Å². The number of allylic oxidation sites excluding steroid dienone is 4. The second-order valence-electron chi connectivity index (χ2n) is 18.4. The van der Waals surface area contributed by atoms with Crippen LogP contribution in [0.4, 0.5) is 0 Å². The second kappa shape index (κ2) is 13.0. The van der Waals surface area contributed by atoms with Crippen molar-refractivity contribution in [2.75, 3.05) is 0 Å². The molecule has 0 saturated carbocycles. The zero-order valence-corrected chi connectivity index (χ0v) is 35.2. The smallest absolute Gasteiger partial charge is 0.125 e. The van der Waals surface area contributed by atoms with Gasteiger partial charge >= 0.3 is 0 Å². The summed E-state index contributed by atoms with van der Waals surface area (Å²) in [7, 11) is -3.93. The maximum atomic E-state index is 4.21. The Bertz CT molecular complexity index is 1740. The second-order valence-corrected chi connectivity index (χ2v) is 29.6. The maximum absolute atomic E-state index is 4.21. The molecule has 0 heterocycles. The molecule has 4 unspecified atom stereocenters. The van der Waals surface area contributed by atoms with Crippen LogP contribution in [-0.2, 0) is 0 Å². The summed E-state index contributed by atoms with van der Waals surface area (Å²) in [6, 6.07) is 10.4. The molecule has 262 valence electrons. The monoisotopic (exact) mass is 694 g/mol. The fourth-order valence-electron chi connectivity index (χ4n) is 11.8. The van der Waals surface area contributed by atoms with E-state index in [0.717, 1.165) is 0 Å². The molecule has 6 aliphatic rings. The summed E-state index contributed by atoms with van der Waals surface area (Å²) in [5.41, 5.74) is 20.8. The molecular formula is C48H62Si2. The lowest BCUT2D eigenvalue weighted by atomic mass is 9.69. The van der Waals surface area contributed by atoms with Crippen LogP contribution < -0.4 is 0 Å². The van der Waals surface area contributed by atoms with E-state index in [1.165, 1.54) is 58.4 Å². The molecule has 6 aliphatic carbocycles. The third-order valence-corrected chi connectivity index (χ3v) is 27.0. The van der Waals surface area contributed by atoms with Gasteiger partial charge in [-0.15, -0.1) is 11.1 Å². The number of rotatable bonds is 6. The Morgan fingerprint density at radius 3 is 0.800 bits per heavy atom. The Labute approximate surface area is 307 Å². The number of fused-ring (bicyclic) bond motifs is 4. The van der Waals surface area contributed by atoms with E-state index in [0.29, 0.717) is 56.9 Å². The average Bonchev–Trinajstić information content (AvgIpc) is 3.08. The van der Waals surface area contributed by atoms with E-state index in [1.807, 2.05) is 0 Å². The van der Waals surface area contributed by atoms with Crippen molar-refractivity contribution in [2.24, 2.45) is 0 Å². The minimum absolute atomic E-state index is 0.521. The van der Waals surface area contributed by atoms with Crippen molar-refractivity contribution in [3.05, 3.63) is 82.0 Å². The standard InChI is InChI=1S/C48H62Si2/c1-29(2)49(30(3)4,31(5)6)23-21-39-45-25-41-35-13-17-37(18-14-35)43(41)27-47(45)40(22-24-50(32(7)8,33(9)10)34(11)12)48-28-44-38-19-15-36(16-20-38)42(44)26-46(39)48/h13,15,17,19,25-38H,14,16,18,20H2,1-12H3. The van der Waals surface area contributed by atoms with Crippen LogP contribution >= 0.6 is 0 Å². The molecule has 0 amide bonds. The van der Waals surface area contributed by atoms with Crippen molar-refractivity contribution < 1.29 is 0 Å². The molecule has 4 atom stereocenters. The topological polar surface area (TPSA) is 0 Å². The molecule has 3 aromatic rings. The first kappa shape index (κ1) is 35.6. The number of hydrogen-bond donors (Lipinski definition) is 0. The van der Waals surface area contributed by atoms with Gasteiger partial charge in [-0.3, -0.25) is 0 Å². The highest BCUT2D eigenvalue weighted by Crippen LogP contribution is 2.51. The van der Waals surface area contributed by atoms with E-state index in [9.17, 15) is 0 Å². The predicted octanol–water partition coefficient (Wildman–Crippen LogP) is 14.2. The predicted molar refractivity (Wildman–Crippen MR) is 225 cm³/mol. The van der Waals surface area contributed by atoms with Crippen LogP contribution in [0.1, 0.15) is 166 Å². The third kappa shape index (κ3) is 5.29. The van der Waals surface area contributed by atoms with E-state index in [1.54, 1.807) is 22.3 Å². The molecule has 9 rings (SSSR count). The van der Waals surface area contributed by atoms with Gasteiger partial charge in [0.05, 0.1) is 0 Å². The molecule has 0 N–H and O–H groups in total. The zero-order valence-electron chi connectivity index (χ0n) is 33.2. The van der Waals surface area contributed by atoms with Crippen molar-refractivity contribution in [1.29, 1.82) is 0 Å². The van der Waals surface area contributed by atoms with Crippen LogP contribution in [0.3, 0.4) is 0 Å². The van der Waals surface area contributed by atoms with E-state index in [2.05, 4.69) is 155 Å². The Morgan fingerprint density at radius 2 is 0.620 bits per heavy atom. The molecule has 0 aliphatic heterocycles. The summed E-state index contributed by atoms with van der Waals surface area (Å²) in [5, 5.41) is 5.43. The Hall–Kier alpha value is -2.79. The minimum Gasteiger partial charge on any atom is -0.125 e. The molecule has 4 bridgehead atoms. The normalized spacial score (nSPS) is 22.3. The molecule has 0 fully saturated rings. The van der Waals surface area contributed by atoms with Gasteiger partial charge in [0, 0.05) is 34.8 Å². The quantitative estimate of drug-likeness (QED) is 0.104. The van der Waals surface area contributed by atoms with Crippen LogP contribution in [0.15, 0.2) is 48.6 Å². The molecule has 50 heavy (non-hydrogen) atoms. The van der Waals surface area contributed by atoms with Gasteiger partial charge in [0.25, 0.3) is 0 Å². The summed E-state index contributed by atoms with van der Waals surface area (Å²) >= 11 is 0. The summed E-state index contributed by atoms with van der Waals surface area (Å²) in [6.45, 7) is 29.4. The molecule has 0 nitrogen and oxygen atoms in total. The Balaban J connectivity index is 1.64. The Morgan fingerprint density at radius 1 is 0.400 bits per heavy atom. The highest BCUT2D eigenvalue weighted by molar-refractivity contribution is 6.91. The molecule has 0 saturated heterocycles. The third-order valence-electron chi connectivity index (χ3n) is 14.4. The molecular weight excluding hydrogens is 633 g/mol. The zero-order chi connectivity index (χ0) is 35.9. The lowest BCUT2D eigenvalue weighted by Crippen LogP contribution is -2.43. The van der Waals surface area contributed by atoms with Crippen molar-refractivity contribution >= 4 is 37.7 Å². The summed E-state index contributed by atoms with van der Waals surface area (Å²) in [6.07, 6.45) is 15.0. The lowest BCUT2D eigenvalue weighted by Gasteiger charge is -2.38. The SMILES string of the molecule is CC(C)[Si](C#Cc1c2cc3c(cc2c(C#C[Si](C(C)C)(C(C)C)C(C)C)c2cc4c(cc12)C1C=CC4CC1)C1C=CC3CC1)(C(C)C)C(C)C. The van der Waals surface area contributed by atoms with Crippen molar-refractivity contribution in [3.8, 4) is 22.9 Å². The van der Waals surface area contributed by atoms with Gasteiger partial charge in [0.1, 0.15) is 16.1 Å².